The van der Waals surface area contributed by atoms with Crippen LogP contribution in [0.4, 0.5) is 28.4 Å². The summed E-state index contributed by atoms with van der Waals surface area (Å²) < 4.78 is 1.74. The number of carbonyl (C=O) groups is 1. The van der Waals surface area contributed by atoms with Crippen molar-refractivity contribution in [2.45, 2.75) is 13.5 Å². The Kier molecular flexibility index (Phi) is 4.63. The number of carbonyl (C=O) groups excluding carboxylic acids is 1. The van der Waals surface area contributed by atoms with Gasteiger partial charge in [0.25, 0.3) is 5.91 Å². The highest BCUT2D eigenvalue weighted by Crippen LogP contribution is 2.32. The molecule has 0 radical (unpaired) electrons. The van der Waals surface area contributed by atoms with Gasteiger partial charge in [0.05, 0.1) is 18.4 Å². The fourth-order valence-electron chi connectivity index (χ4n) is 3.80. The second kappa shape index (κ2) is 7.60. The van der Waals surface area contributed by atoms with E-state index in [1.165, 1.54) is 0 Å². The first-order valence-corrected chi connectivity index (χ1v) is 10.1. The van der Waals surface area contributed by atoms with Crippen molar-refractivity contribution in [1.82, 2.24) is 14.8 Å². The summed E-state index contributed by atoms with van der Waals surface area (Å²) in [6.45, 7) is 2.50. The summed E-state index contributed by atoms with van der Waals surface area (Å²) in [4.78, 5) is 19.1. The molecule has 1 aliphatic rings. The highest BCUT2D eigenvalue weighted by atomic mass is 16.2. The number of amides is 1. The Morgan fingerprint density at radius 2 is 1.74 bits per heavy atom. The number of aromatic nitrogens is 3. The van der Waals surface area contributed by atoms with Crippen LogP contribution in [0.5, 0.6) is 0 Å². The van der Waals surface area contributed by atoms with Crippen LogP contribution < -0.4 is 15.5 Å². The van der Waals surface area contributed by atoms with Gasteiger partial charge in [-0.15, -0.1) is 0 Å². The molecule has 0 bridgehead atoms. The van der Waals surface area contributed by atoms with Crippen LogP contribution in [-0.4, -0.2) is 20.7 Å². The number of fused-ring (bicyclic) bond motifs is 1. The van der Waals surface area contributed by atoms with Crippen molar-refractivity contribution in [2.24, 2.45) is 7.05 Å². The lowest BCUT2D eigenvalue weighted by molar-refractivity contribution is 0.0996. The molecular weight excluding hydrogens is 388 g/mol. The standard InChI is InChI=1S/C24H22N6O/c1-16-10-20(8-9-25-16)27-19-6-7-23-17(11-19)14-30(24(23)31)22-5-3-4-18(12-22)28-21-13-26-29(2)15-21/h3-13,15,28H,14H2,1-2H3,(H,25,27). The van der Waals surface area contributed by atoms with Gasteiger partial charge in [-0.2, -0.15) is 5.10 Å². The summed E-state index contributed by atoms with van der Waals surface area (Å²) in [5, 5.41) is 10.9. The van der Waals surface area contributed by atoms with Gasteiger partial charge in [-0.25, -0.2) is 0 Å². The van der Waals surface area contributed by atoms with Crippen LogP contribution in [0.15, 0.2) is 73.2 Å². The Labute approximate surface area is 180 Å². The maximum absolute atomic E-state index is 13.0. The van der Waals surface area contributed by atoms with E-state index in [9.17, 15) is 4.79 Å². The number of rotatable bonds is 5. The van der Waals surface area contributed by atoms with Gasteiger partial charge >= 0.3 is 0 Å². The van der Waals surface area contributed by atoms with E-state index in [1.54, 1.807) is 22.0 Å². The monoisotopic (exact) mass is 410 g/mol. The number of anilines is 5. The Morgan fingerprint density at radius 3 is 2.55 bits per heavy atom. The van der Waals surface area contributed by atoms with Crippen molar-refractivity contribution in [3.8, 4) is 0 Å². The molecule has 0 aliphatic carbocycles. The summed E-state index contributed by atoms with van der Waals surface area (Å²) in [6, 6.07) is 17.7. The molecule has 31 heavy (non-hydrogen) atoms. The van der Waals surface area contributed by atoms with E-state index in [0.717, 1.165) is 45.3 Å². The number of benzene rings is 2. The van der Waals surface area contributed by atoms with Crippen molar-refractivity contribution in [1.29, 1.82) is 0 Å². The highest BCUT2D eigenvalue weighted by molar-refractivity contribution is 6.10. The van der Waals surface area contributed by atoms with Crippen LogP contribution >= 0.6 is 0 Å². The van der Waals surface area contributed by atoms with Crippen LogP contribution in [0.25, 0.3) is 0 Å². The molecule has 2 aromatic heterocycles. The first-order valence-electron chi connectivity index (χ1n) is 10.1. The Morgan fingerprint density at radius 1 is 0.935 bits per heavy atom. The normalized spacial score (nSPS) is 12.7. The van der Waals surface area contributed by atoms with Gasteiger partial charge in [0.15, 0.2) is 0 Å². The zero-order valence-corrected chi connectivity index (χ0v) is 17.3. The number of aryl methyl sites for hydroxylation is 2. The largest absolute Gasteiger partial charge is 0.355 e. The molecule has 0 fully saturated rings. The zero-order valence-electron chi connectivity index (χ0n) is 17.3. The molecule has 5 rings (SSSR count). The van der Waals surface area contributed by atoms with E-state index >= 15 is 0 Å². The summed E-state index contributed by atoms with van der Waals surface area (Å²) >= 11 is 0. The topological polar surface area (TPSA) is 75.1 Å². The highest BCUT2D eigenvalue weighted by Gasteiger charge is 2.28. The molecule has 2 aromatic carbocycles. The smallest absolute Gasteiger partial charge is 0.258 e. The van der Waals surface area contributed by atoms with Crippen LogP contribution in [0.3, 0.4) is 0 Å². The van der Waals surface area contributed by atoms with Gasteiger partial charge < -0.3 is 15.5 Å². The van der Waals surface area contributed by atoms with Gasteiger partial charge in [0.2, 0.25) is 0 Å². The predicted molar refractivity (Wildman–Crippen MR) is 122 cm³/mol. The van der Waals surface area contributed by atoms with E-state index in [-0.39, 0.29) is 5.91 Å². The maximum Gasteiger partial charge on any atom is 0.258 e. The molecule has 3 heterocycles. The van der Waals surface area contributed by atoms with Gasteiger partial charge in [-0.3, -0.25) is 14.5 Å². The van der Waals surface area contributed by atoms with Gasteiger partial charge in [0, 0.05) is 53.4 Å². The van der Waals surface area contributed by atoms with Gasteiger partial charge in [-0.05, 0) is 61.0 Å². The quantitative estimate of drug-likeness (QED) is 0.496. The second-order valence-electron chi connectivity index (χ2n) is 7.65. The molecule has 0 saturated carbocycles. The van der Waals surface area contributed by atoms with E-state index in [4.69, 9.17) is 0 Å². The number of nitrogens with one attached hydrogen (secondary N) is 2. The van der Waals surface area contributed by atoms with Gasteiger partial charge in [0.1, 0.15) is 0 Å². The van der Waals surface area contributed by atoms with Crippen LogP contribution in [0, 0.1) is 6.92 Å². The van der Waals surface area contributed by atoms with Crippen LogP contribution in [0.1, 0.15) is 21.6 Å². The third-order valence-electron chi connectivity index (χ3n) is 5.25. The third kappa shape index (κ3) is 3.85. The molecule has 1 aliphatic heterocycles. The lowest BCUT2D eigenvalue weighted by Gasteiger charge is -2.17. The number of nitrogens with zero attached hydrogens (tertiary/aromatic N) is 4. The molecule has 2 N–H and O–H groups in total. The Balaban J connectivity index is 1.36. The van der Waals surface area contributed by atoms with Crippen LogP contribution in [-0.2, 0) is 13.6 Å². The minimum atomic E-state index is 0.0137. The number of hydrogen-bond acceptors (Lipinski definition) is 5. The Hall–Kier alpha value is -4.13. The lowest BCUT2D eigenvalue weighted by atomic mass is 10.1. The molecule has 0 saturated heterocycles. The first-order chi connectivity index (χ1) is 15.0. The molecule has 4 aromatic rings. The Bertz CT molecular complexity index is 1280. The van der Waals surface area contributed by atoms with Crippen molar-refractivity contribution in [2.75, 3.05) is 15.5 Å². The molecule has 7 nitrogen and oxygen atoms in total. The fourth-order valence-corrected chi connectivity index (χ4v) is 3.80. The molecule has 0 unspecified atom stereocenters. The summed E-state index contributed by atoms with van der Waals surface area (Å²) in [7, 11) is 1.88. The molecule has 0 atom stereocenters. The minimum absolute atomic E-state index is 0.0137. The predicted octanol–water partition coefficient (Wildman–Crippen LogP) is 4.77. The second-order valence-corrected chi connectivity index (χ2v) is 7.65. The number of pyridine rings is 1. The molecule has 7 heteroatoms. The zero-order chi connectivity index (χ0) is 21.4. The van der Waals surface area contributed by atoms with Crippen molar-refractivity contribution < 1.29 is 4.79 Å². The van der Waals surface area contributed by atoms with Crippen LogP contribution in [0.2, 0.25) is 0 Å². The van der Waals surface area contributed by atoms with Gasteiger partial charge in [-0.1, -0.05) is 6.07 Å². The molecule has 1 amide bonds. The molecule has 154 valence electrons. The van der Waals surface area contributed by atoms with E-state index < -0.39 is 0 Å². The molecule has 0 spiro atoms. The van der Waals surface area contributed by atoms with E-state index in [1.807, 2.05) is 74.8 Å². The summed E-state index contributed by atoms with van der Waals surface area (Å²) in [5.74, 6) is 0.0137. The van der Waals surface area contributed by atoms with E-state index in [0.29, 0.717) is 6.54 Å². The first kappa shape index (κ1) is 18.9. The average molecular weight is 410 g/mol. The lowest BCUT2D eigenvalue weighted by Crippen LogP contribution is -2.22. The fraction of sp³-hybridized carbons (Fsp3) is 0.125. The minimum Gasteiger partial charge on any atom is -0.355 e. The van der Waals surface area contributed by atoms with E-state index in [2.05, 4.69) is 20.7 Å². The van der Waals surface area contributed by atoms with Crippen molar-refractivity contribution in [3.63, 3.8) is 0 Å². The summed E-state index contributed by atoms with van der Waals surface area (Å²) in [5.41, 5.74) is 7.28. The van der Waals surface area contributed by atoms with Crippen molar-refractivity contribution >= 4 is 34.3 Å². The SMILES string of the molecule is Cc1cc(Nc2ccc3c(c2)CN(c2cccc(Nc4cnn(C)c4)c2)C3=O)ccn1. The average Bonchev–Trinajstić information content (AvgIpc) is 3.31. The molecular formula is C24H22N6O. The van der Waals surface area contributed by atoms with Crippen molar-refractivity contribution in [3.05, 3.63) is 90.0 Å². The number of hydrogen-bond donors (Lipinski definition) is 2. The maximum atomic E-state index is 13.0. The third-order valence-corrected chi connectivity index (χ3v) is 5.25. The summed E-state index contributed by atoms with van der Waals surface area (Å²) in [6.07, 6.45) is 5.45.